The van der Waals surface area contributed by atoms with Crippen LogP contribution < -0.4 is 0 Å². The van der Waals surface area contributed by atoms with E-state index in [1.807, 2.05) is 18.5 Å². The van der Waals surface area contributed by atoms with Gasteiger partial charge in [-0.2, -0.15) is 0 Å². The largest absolute Gasteiger partial charge is 0.463 e. The molecule has 3 heterocycles. The summed E-state index contributed by atoms with van der Waals surface area (Å²) >= 11 is 0. The van der Waals surface area contributed by atoms with E-state index in [-0.39, 0.29) is 11.8 Å². The van der Waals surface area contributed by atoms with E-state index in [9.17, 15) is 4.79 Å². The maximum atomic E-state index is 11.4. The Bertz CT molecular complexity index is 617. The van der Waals surface area contributed by atoms with Crippen molar-refractivity contribution in [2.45, 2.75) is 26.1 Å². The molecule has 6 heteroatoms. The SMILES string of the molecule is COC(=O)c1ccc(C(C)N2CCn3ccnc3C2)o1. The van der Waals surface area contributed by atoms with Crippen molar-refractivity contribution in [3.8, 4) is 0 Å². The highest BCUT2D eigenvalue weighted by atomic mass is 16.5. The van der Waals surface area contributed by atoms with E-state index in [1.54, 1.807) is 6.07 Å². The van der Waals surface area contributed by atoms with Crippen LogP contribution in [0.5, 0.6) is 0 Å². The topological polar surface area (TPSA) is 60.5 Å². The molecule has 1 aliphatic rings. The van der Waals surface area contributed by atoms with Crippen LogP contribution in [0.4, 0.5) is 0 Å². The molecule has 0 aromatic carbocycles. The molecule has 106 valence electrons. The number of furan rings is 1. The predicted octanol–water partition coefficient (Wildman–Crippen LogP) is 1.84. The fourth-order valence-corrected chi connectivity index (χ4v) is 2.49. The number of hydrogen-bond acceptors (Lipinski definition) is 5. The molecule has 0 spiro atoms. The second-order valence-electron chi connectivity index (χ2n) is 4.88. The van der Waals surface area contributed by atoms with Gasteiger partial charge in [0.25, 0.3) is 0 Å². The number of ether oxygens (including phenoxy) is 1. The molecular formula is C14H17N3O3. The van der Waals surface area contributed by atoms with Gasteiger partial charge in [0.05, 0.1) is 19.7 Å². The summed E-state index contributed by atoms with van der Waals surface area (Å²) in [5.74, 6) is 1.62. The molecule has 20 heavy (non-hydrogen) atoms. The quantitative estimate of drug-likeness (QED) is 0.800. The van der Waals surface area contributed by atoms with E-state index in [1.165, 1.54) is 7.11 Å². The fraction of sp³-hybridized carbons (Fsp3) is 0.429. The van der Waals surface area contributed by atoms with Gasteiger partial charge >= 0.3 is 5.97 Å². The minimum Gasteiger partial charge on any atom is -0.463 e. The molecular weight excluding hydrogens is 258 g/mol. The molecule has 1 aliphatic heterocycles. The van der Waals surface area contributed by atoms with Crippen molar-refractivity contribution in [1.29, 1.82) is 0 Å². The summed E-state index contributed by atoms with van der Waals surface area (Å²) in [6, 6.07) is 3.58. The Balaban J connectivity index is 1.75. The van der Waals surface area contributed by atoms with Gasteiger partial charge in [-0.25, -0.2) is 9.78 Å². The van der Waals surface area contributed by atoms with Crippen LogP contribution in [0.25, 0.3) is 0 Å². The number of imidazole rings is 1. The summed E-state index contributed by atoms with van der Waals surface area (Å²) in [4.78, 5) is 18.0. The van der Waals surface area contributed by atoms with Crippen molar-refractivity contribution in [1.82, 2.24) is 14.5 Å². The first-order chi connectivity index (χ1) is 9.69. The molecule has 0 radical (unpaired) electrons. The third-order valence-electron chi connectivity index (χ3n) is 3.75. The lowest BCUT2D eigenvalue weighted by Gasteiger charge is -2.31. The van der Waals surface area contributed by atoms with E-state index in [4.69, 9.17) is 4.42 Å². The van der Waals surface area contributed by atoms with Gasteiger partial charge in [0.1, 0.15) is 11.6 Å². The molecule has 1 atom stereocenters. The number of rotatable bonds is 3. The lowest BCUT2D eigenvalue weighted by Crippen LogP contribution is -2.35. The molecule has 1 unspecified atom stereocenters. The minimum atomic E-state index is -0.447. The molecule has 0 bridgehead atoms. The molecule has 0 saturated carbocycles. The summed E-state index contributed by atoms with van der Waals surface area (Å²) in [6.07, 6.45) is 3.82. The fourth-order valence-electron chi connectivity index (χ4n) is 2.49. The smallest absolute Gasteiger partial charge is 0.373 e. The molecule has 0 saturated heterocycles. The minimum absolute atomic E-state index is 0.0962. The molecule has 0 fully saturated rings. The zero-order chi connectivity index (χ0) is 14.1. The van der Waals surface area contributed by atoms with Crippen molar-refractivity contribution in [3.63, 3.8) is 0 Å². The third kappa shape index (κ3) is 2.22. The van der Waals surface area contributed by atoms with Crippen LogP contribution in [-0.2, 0) is 17.8 Å². The van der Waals surface area contributed by atoms with Crippen molar-refractivity contribution in [2.24, 2.45) is 0 Å². The molecule has 2 aromatic rings. The van der Waals surface area contributed by atoms with Crippen molar-refractivity contribution >= 4 is 5.97 Å². The van der Waals surface area contributed by atoms with Crippen LogP contribution >= 0.6 is 0 Å². The Morgan fingerprint density at radius 2 is 2.30 bits per heavy atom. The van der Waals surface area contributed by atoms with Gasteiger partial charge in [-0.3, -0.25) is 4.90 Å². The first kappa shape index (κ1) is 12.9. The second-order valence-corrected chi connectivity index (χ2v) is 4.88. The van der Waals surface area contributed by atoms with Crippen LogP contribution in [0, 0.1) is 0 Å². The number of nitrogens with zero attached hydrogens (tertiary/aromatic N) is 3. The van der Waals surface area contributed by atoms with Gasteiger partial charge in [-0.1, -0.05) is 0 Å². The van der Waals surface area contributed by atoms with Crippen molar-refractivity contribution < 1.29 is 13.9 Å². The summed E-state index contributed by atoms with van der Waals surface area (Å²) in [7, 11) is 1.35. The number of methoxy groups -OCH3 is 1. The van der Waals surface area contributed by atoms with Gasteiger partial charge in [-0.05, 0) is 19.1 Å². The Morgan fingerprint density at radius 1 is 1.45 bits per heavy atom. The zero-order valence-electron chi connectivity index (χ0n) is 11.6. The van der Waals surface area contributed by atoms with Gasteiger partial charge < -0.3 is 13.7 Å². The van der Waals surface area contributed by atoms with Gasteiger partial charge in [0.15, 0.2) is 0 Å². The summed E-state index contributed by atoms with van der Waals surface area (Å²) in [6.45, 7) is 4.70. The average molecular weight is 275 g/mol. The molecule has 0 amide bonds. The first-order valence-corrected chi connectivity index (χ1v) is 6.61. The number of aromatic nitrogens is 2. The molecule has 0 N–H and O–H groups in total. The van der Waals surface area contributed by atoms with E-state index in [2.05, 4.69) is 26.1 Å². The van der Waals surface area contributed by atoms with E-state index in [0.29, 0.717) is 0 Å². The number of carbonyl (C=O) groups is 1. The lowest BCUT2D eigenvalue weighted by atomic mass is 10.2. The molecule has 0 aliphatic carbocycles. The summed E-state index contributed by atoms with van der Waals surface area (Å²) in [5.41, 5.74) is 0. The van der Waals surface area contributed by atoms with Gasteiger partial charge in [-0.15, -0.1) is 0 Å². The number of esters is 1. The normalized spacial score (nSPS) is 16.7. The molecule has 6 nitrogen and oxygen atoms in total. The maximum Gasteiger partial charge on any atom is 0.373 e. The van der Waals surface area contributed by atoms with E-state index < -0.39 is 5.97 Å². The van der Waals surface area contributed by atoms with E-state index >= 15 is 0 Å². The Labute approximate surface area is 117 Å². The molecule has 2 aromatic heterocycles. The summed E-state index contributed by atoms with van der Waals surface area (Å²) < 4.78 is 12.4. The standard InChI is InChI=1S/C14H17N3O3/c1-10(11-3-4-12(20-11)14(18)19-2)17-8-7-16-6-5-15-13(16)9-17/h3-6,10H,7-9H2,1-2H3. The summed E-state index contributed by atoms with van der Waals surface area (Å²) in [5, 5.41) is 0. The predicted molar refractivity (Wildman–Crippen MR) is 71.1 cm³/mol. The van der Waals surface area contributed by atoms with Crippen LogP contribution in [0.3, 0.4) is 0 Å². The number of hydrogen-bond donors (Lipinski definition) is 0. The number of carbonyl (C=O) groups excluding carboxylic acids is 1. The lowest BCUT2D eigenvalue weighted by molar-refractivity contribution is 0.0557. The number of fused-ring (bicyclic) bond motifs is 1. The van der Waals surface area contributed by atoms with Crippen LogP contribution in [-0.4, -0.2) is 34.1 Å². The van der Waals surface area contributed by atoms with Gasteiger partial charge in [0.2, 0.25) is 5.76 Å². The third-order valence-corrected chi connectivity index (χ3v) is 3.75. The second kappa shape index (κ2) is 5.13. The van der Waals surface area contributed by atoms with Crippen LogP contribution in [0.15, 0.2) is 28.9 Å². The highest BCUT2D eigenvalue weighted by Gasteiger charge is 2.25. The highest BCUT2D eigenvalue weighted by molar-refractivity contribution is 5.86. The van der Waals surface area contributed by atoms with Crippen LogP contribution in [0.2, 0.25) is 0 Å². The van der Waals surface area contributed by atoms with Gasteiger partial charge in [0, 0.05) is 25.5 Å². The Morgan fingerprint density at radius 3 is 3.10 bits per heavy atom. The zero-order valence-corrected chi connectivity index (χ0v) is 11.6. The molecule has 3 rings (SSSR count). The average Bonchev–Trinajstić information content (AvgIpc) is 3.13. The highest BCUT2D eigenvalue weighted by Crippen LogP contribution is 2.26. The first-order valence-electron chi connectivity index (χ1n) is 6.61. The maximum absolute atomic E-state index is 11.4. The Kier molecular flexibility index (Phi) is 3.31. The Hall–Kier alpha value is -2.08. The van der Waals surface area contributed by atoms with Crippen LogP contribution in [0.1, 0.15) is 35.1 Å². The monoisotopic (exact) mass is 275 g/mol. The van der Waals surface area contributed by atoms with Crippen molar-refractivity contribution in [3.05, 3.63) is 41.9 Å². The van der Waals surface area contributed by atoms with E-state index in [0.717, 1.165) is 31.2 Å². The van der Waals surface area contributed by atoms with Crippen molar-refractivity contribution in [2.75, 3.05) is 13.7 Å².